The highest BCUT2D eigenvalue weighted by molar-refractivity contribution is 5.37. The van der Waals surface area contributed by atoms with E-state index in [1.807, 2.05) is 13.0 Å². The second kappa shape index (κ2) is 7.38. The van der Waals surface area contributed by atoms with Crippen LogP contribution in [-0.4, -0.2) is 37.7 Å². The van der Waals surface area contributed by atoms with E-state index in [4.69, 9.17) is 0 Å². The number of nitrogens with zero attached hydrogens (tertiary/aromatic N) is 5. The SMILES string of the molecule is Cc1ccn(-c2ccc(NCc3ccnc(OCC(F)(F)F)c3)nn2)n1. The topological polar surface area (TPSA) is 77.8 Å². The van der Waals surface area contributed by atoms with Gasteiger partial charge in [0.15, 0.2) is 12.4 Å². The molecule has 0 unspecified atom stereocenters. The molecule has 3 aromatic rings. The fourth-order valence-corrected chi connectivity index (χ4v) is 2.07. The van der Waals surface area contributed by atoms with Gasteiger partial charge < -0.3 is 10.1 Å². The molecular weight excluding hydrogens is 349 g/mol. The molecule has 0 amide bonds. The number of nitrogens with one attached hydrogen (secondary N) is 1. The van der Waals surface area contributed by atoms with Crippen molar-refractivity contribution in [3.05, 3.63) is 54.0 Å². The third-order valence-electron chi connectivity index (χ3n) is 3.26. The minimum Gasteiger partial charge on any atom is -0.468 e. The number of hydrogen-bond donors (Lipinski definition) is 1. The number of aromatic nitrogens is 5. The summed E-state index contributed by atoms with van der Waals surface area (Å²) in [7, 11) is 0. The molecular formula is C16H15F3N6O. The maximum absolute atomic E-state index is 12.2. The van der Waals surface area contributed by atoms with Crippen LogP contribution < -0.4 is 10.1 Å². The van der Waals surface area contributed by atoms with Crippen molar-refractivity contribution in [1.29, 1.82) is 0 Å². The van der Waals surface area contributed by atoms with Crippen LogP contribution in [-0.2, 0) is 6.54 Å². The van der Waals surface area contributed by atoms with Crippen LogP contribution >= 0.6 is 0 Å². The molecule has 0 spiro atoms. The first-order chi connectivity index (χ1) is 12.4. The lowest BCUT2D eigenvalue weighted by atomic mass is 10.2. The quantitative estimate of drug-likeness (QED) is 0.725. The van der Waals surface area contributed by atoms with Gasteiger partial charge in [-0.2, -0.15) is 18.3 Å². The summed E-state index contributed by atoms with van der Waals surface area (Å²) < 4.78 is 42.8. The van der Waals surface area contributed by atoms with Crippen LogP contribution in [0.25, 0.3) is 5.82 Å². The third-order valence-corrected chi connectivity index (χ3v) is 3.26. The first kappa shape index (κ1) is 17.6. The zero-order valence-corrected chi connectivity index (χ0v) is 13.7. The van der Waals surface area contributed by atoms with Crippen LogP contribution in [0.2, 0.25) is 0 Å². The van der Waals surface area contributed by atoms with E-state index in [9.17, 15) is 13.2 Å². The maximum Gasteiger partial charge on any atom is 0.422 e. The summed E-state index contributed by atoms with van der Waals surface area (Å²) in [6, 6.07) is 8.46. The molecule has 3 heterocycles. The van der Waals surface area contributed by atoms with Gasteiger partial charge in [-0.05, 0) is 36.8 Å². The maximum atomic E-state index is 12.2. The highest BCUT2D eigenvalue weighted by atomic mass is 19.4. The summed E-state index contributed by atoms with van der Waals surface area (Å²) in [5.41, 5.74) is 1.57. The van der Waals surface area contributed by atoms with E-state index in [1.165, 1.54) is 12.3 Å². The average molecular weight is 364 g/mol. The first-order valence-electron chi connectivity index (χ1n) is 7.64. The van der Waals surface area contributed by atoms with Crippen LogP contribution in [0.5, 0.6) is 5.88 Å². The molecule has 136 valence electrons. The lowest BCUT2D eigenvalue weighted by Crippen LogP contribution is -2.19. The number of anilines is 1. The Morgan fingerprint density at radius 1 is 1.15 bits per heavy atom. The average Bonchev–Trinajstić information content (AvgIpc) is 3.05. The molecule has 0 atom stereocenters. The van der Waals surface area contributed by atoms with Crippen molar-refractivity contribution in [2.45, 2.75) is 19.6 Å². The molecule has 0 saturated carbocycles. The van der Waals surface area contributed by atoms with Gasteiger partial charge in [0.25, 0.3) is 0 Å². The molecule has 7 nitrogen and oxygen atoms in total. The van der Waals surface area contributed by atoms with Gasteiger partial charge in [0.2, 0.25) is 5.88 Å². The summed E-state index contributed by atoms with van der Waals surface area (Å²) >= 11 is 0. The number of aryl methyl sites for hydroxylation is 1. The van der Waals surface area contributed by atoms with E-state index in [2.05, 4.69) is 30.3 Å². The van der Waals surface area contributed by atoms with Crippen LogP contribution in [0.3, 0.4) is 0 Å². The number of ether oxygens (including phenoxy) is 1. The molecule has 0 radical (unpaired) electrons. The van der Waals surface area contributed by atoms with E-state index < -0.39 is 12.8 Å². The number of alkyl halides is 3. The van der Waals surface area contributed by atoms with E-state index in [1.54, 1.807) is 29.1 Å². The van der Waals surface area contributed by atoms with Crippen molar-refractivity contribution in [2.24, 2.45) is 0 Å². The van der Waals surface area contributed by atoms with E-state index in [0.29, 0.717) is 23.7 Å². The summed E-state index contributed by atoms with van der Waals surface area (Å²) in [4.78, 5) is 3.76. The summed E-state index contributed by atoms with van der Waals surface area (Å²) in [6.07, 6.45) is -1.23. The van der Waals surface area contributed by atoms with E-state index in [0.717, 1.165) is 5.69 Å². The van der Waals surface area contributed by atoms with Gasteiger partial charge >= 0.3 is 6.18 Å². The van der Waals surface area contributed by atoms with Crippen LogP contribution in [0.4, 0.5) is 19.0 Å². The van der Waals surface area contributed by atoms with Crippen molar-refractivity contribution < 1.29 is 17.9 Å². The molecule has 3 aromatic heterocycles. The minimum absolute atomic E-state index is 0.0860. The van der Waals surface area contributed by atoms with Crippen LogP contribution in [0.1, 0.15) is 11.3 Å². The number of rotatable bonds is 6. The van der Waals surface area contributed by atoms with Crippen LogP contribution in [0, 0.1) is 6.92 Å². The second-order valence-electron chi connectivity index (χ2n) is 5.44. The van der Waals surface area contributed by atoms with Gasteiger partial charge in [-0.3, -0.25) is 0 Å². The van der Waals surface area contributed by atoms with E-state index in [-0.39, 0.29) is 5.88 Å². The monoisotopic (exact) mass is 364 g/mol. The Labute approximate surface area is 146 Å². The number of hydrogen-bond acceptors (Lipinski definition) is 6. The Morgan fingerprint density at radius 3 is 2.65 bits per heavy atom. The molecule has 0 aromatic carbocycles. The van der Waals surface area contributed by atoms with Crippen LogP contribution in [0.15, 0.2) is 42.7 Å². The number of pyridine rings is 1. The van der Waals surface area contributed by atoms with E-state index >= 15 is 0 Å². The highest BCUT2D eigenvalue weighted by Crippen LogP contribution is 2.18. The lowest BCUT2D eigenvalue weighted by molar-refractivity contribution is -0.154. The van der Waals surface area contributed by atoms with Crippen molar-refractivity contribution in [3.8, 4) is 11.7 Å². The Hall–Kier alpha value is -3.17. The Balaban J connectivity index is 1.58. The predicted octanol–water partition coefficient (Wildman–Crippen LogP) is 2.92. The highest BCUT2D eigenvalue weighted by Gasteiger charge is 2.28. The summed E-state index contributed by atoms with van der Waals surface area (Å²) in [6.45, 7) is 0.831. The third kappa shape index (κ3) is 4.91. The lowest BCUT2D eigenvalue weighted by Gasteiger charge is -2.10. The summed E-state index contributed by atoms with van der Waals surface area (Å²) in [5.74, 6) is 1.01. The standard InChI is InChI=1S/C16H15F3N6O/c1-11-5-7-25(24-11)14-3-2-13(22-23-14)21-9-12-4-6-20-15(8-12)26-10-16(17,18)19/h2-8H,9-10H2,1H3,(H,21,22). The van der Waals surface area contributed by atoms with Gasteiger partial charge in [0.1, 0.15) is 5.82 Å². The number of halogens is 3. The van der Waals surface area contributed by atoms with Crippen molar-refractivity contribution in [2.75, 3.05) is 11.9 Å². The molecule has 0 saturated heterocycles. The molecule has 0 aliphatic rings. The van der Waals surface area contributed by atoms with Crippen molar-refractivity contribution in [3.63, 3.8) is 0 Å². The Kier molecular flexibility index (Phi) is 5.01. The molecule has 0 aliphatic heterocycles. The fraction of sp³-hybridized carbons (Fsp3) is 0.250. The van der Waals surface area contributed by atoms with Gasteiger partial charge in [0, 0.05) is 25.0 Å². The Morgan fingerprint density at radius 2 is 2.00 bits per heavy atom. The van der Waals surface area contributed by atoms with Gasteiger partial charge in [0.05, 0.1) is 5.69 Å². The molecule has 26 heavy (non-hydrogen) atoms. The predicted molar refractivity (Wildman–Crippen MR) is 87.0 cm³/mol. The molecule has 10 heteroatoms. The van der Waals surface area contributed by atoms with Gasteiger partial charge in [-0.25, -0.2) is 9.67 Å². The first-order valence-corrected chi connectivity index (χ1v) is 7.64. The van der Waals surface area contributed by atoms with Crippen molar-refractivity contribution in [1.82, 2.24) is 25.0 Å². The molecule has 0 fully saturated rings. The molecule has 0 aliphatic carbocycles. The molecule has 1 N–H and O–H groups in total. The largest absolute Gasteiger partial charge is 0.468 e. The zero-order chi connectivity index (χ0) is 18.6. The summed E-state index contributed by atoms with van der Waals surface area (Å²) in [5, 5.41) is 15.4. The van der Waals surface area contributed by atoms with Crippen molar-refractivity contribution >= 4 is 5.82 Å². The zero-order valence-electron chi connectivity index (χ0n) is 13.7. The van der Waals surface area contributed by atoms with Gasteiger partial charge in [-0.1, -0.05) is 0 Å². The minimum atomic E-state index is -4.40. The molecule has 3 rings (SSSR count). The second-order valence-corrected chi connectivity index (χ2v) is 5.44. The Bertz CT molecular complexity index is 863. The smallest absolute Gasteiger partial charge is 0.422 e. The fourth-order valence-electron chi connectivity index (χ4n) is 2.07. The normalized spacial score (nSPS) is 11.4. The van der Waals surface area contributed by atoms with Gasteiger partial charge in [-0.15, -0.1) is 10.2 Å². The molecule has 0 bridgehead atoms.